The predicted molar refractivity (Wildman–Crippen MR) is 96.6 cm³/mol. The van der Waals surface area contributed by atoms with Crippen molar-refractivity contribution in [3.05, 3.63) is 53.9 Å². The van der Waals surface area contributed by atoms with Crippen molar-refractivity contribution in [3.63, 3.8) is 0 Å². The van der Waals surface area contributed by atoms with E-state index in [2.05, 4.69) is 39.0 Å². The van der Waals surface area contributed by atoms with Crippen molar-refractivity contribution in [2.24, 2.45) is 0 Å². The summed E-state index contributed by atoms with van der Waals surface area (Å²) >= 11 is 0. The second-order valence-electron chi connectivity index (χ2n) is 6.98. The molecule has 1 N–H and O–H groups in total. The van der Waals surface area contributed by atoms with Crippen LogP contribution in [-0.2, 0) is 23.0 Å². The van der Waals surface area contributed by atoms with E-state index in [1.165, 1.54) is 5.56 Å². The van der Waals surface area contributed by atoms with Gasteiger partial charge in [0.1, 0.15) is 0 Å². The van der Waals surface area contributed by atoms with Gasteiger partial charge in [-0.25, -0.2) is 13.1 Å². The maximum atomic E-state index is 12.1. The molecule has 1 aliphatic carbocycles. The van der Waals surface area contributed by atoms with E-state index < -0.39 is 10.0 Å². The van der Waals surface area contributed by atoms with Gasteiger partial charge in [0.25, 0.3) is 0 Å². The third-order valence-corrected chi connectivity index (χ3v) is 6.91. The zero-order chi connectivity index (χ0) is 17.3. The van der Waals surface area contributed by atoms with E-state index >= 15 is 0 Å². The number of benzene rings is 1. The van der Waals surface area contributed by atoms with Gasteiger partial charge in [-0.1, -0.05) is 30.3 Å². The monoisotopic (exact) mass is 360 g/mol. The van der Waals surface area contributed by atoms with Gasteiger partial charge in [0, 0.05) is 32.4 Å². The molecule has 0 unspecified atom stereocenters. The fourth-order valence-electron chi connectivity index (χ4n) is 3.43. The van der Waals surface area contributed by atoms with Gasteiger partial charge in [-0.2, -0.15) is 5.10 Å². The van der Waals surface area contributed by atoms with Crippen LogP contribution in [0.3, 0.4) is 0 Å². The van der Waals surface area contributed by atoms with Gasteiger partial charge in [-0.3, -0.25) is 9.58 Å². The largest absolute Gasteiger partial charge is 0.295 e. The number of hydrogen-bond acceptors (Lipinski definition) is 4. The van der Waals surface area contributed by atoms with Gasteiger partial charge in [-0.05, 0) is 30.9 Å². The third kappa shape index (κ3) is 3.94. The molecule has 25 heavy (non-hydrogen) atoms. The molecule has 0 spiro atoms. The highest BCUT2D eigenvalue weighted by atomic mass is 32.2. The Morgan fingerprint density at radius 1 is 1.16 bits per heavy atom. The molecule has 7 heteroatoms. The smallest absolute Gasteiger partial charge is 0.214 e. The molecule has 2 aliphatic rings. The topological polar surface area (TPSA) is 67.2 Å². The summed E-state index contributed by atoms with van der Waals surface area (Å²) in [6, 6.07) is 12.5. The Morgan fingerprint density at radius 2 is 1.96 bits per heavy atom. The molecular formula is C18H24N4O2S. The van der Waals surface area contributed by atoms with Crippen LogP contribution < -0.4 is 4.72 Å². The van der Waals surface area contributed by atoms with Crippen molar-refractivity contribution in [1.82, 2.24) is 19.4 Å². The van der Waals surface area contributed by atoms with E-state index in [0.29, 0.717) is 6.54 Å². The van der Waals surface area contributed by atoms with Gasteiger partial charge < -0.3 is 0 Å². The minimum atomic E-state index is -3.15. The summed E-state index contributed by atoms with van der Waals surface area (Å²) in [6.07, 6.45) is 4.38. The van der Waals surface area contributed by atoms with Crippen LogP contribution in [0.5, 0.6) is 0 Å². The molecule has 1 aliphatic heterocycles. The molecule has 1 aromatic carbocycles. The molecule has 2 heterocycles. The summed E-state index contributed by atoms with van der Waals surface area (Å²) in [5.41, 5.74) is 2.47. The average molecular weight is 360 g/mol. The summed E-state index contributed by atoms with van der Waals surface area (Å²) in [5, 5.41) is 4.23. The lowest BCUT2D eigenvalue weighted by molar-refractivity contribution is 0.177. The van der Waals surface area contributed by atoms with Crippen LogP contribution in [0.4, 0.5) is 0 Å². The SMILES string of the molecule is O=S(=O)(NC[C@@H]1CN(CCc2ccccc2)Cc2ccnn21)C1CC1. The zero-order valence-electron chi connectivity index (χ0n) is 14.2. The maximum Gasteiger partial charge on any atom is 0.214 e. The number of nitrogens with zero attached hydrogens (tertiary/aromatic N) is 3. The van der Waals surface area contributed by atoms with E-state index in [-0.39, 0.29) is 11.3 Å². The van der Waals surface area contributed by atoms with Crippen LogP contribution in [0.2, 0.25) is 0 Å². The van der Waals surface area contributed by atoms with Gasteiger partial charge in [-0.15, -0.1) is 0 Å². The van der Waals surface area contributed by atoms with E-state index in [1.54, 1.807) is 6.20 Å². The lowest BCUT2D eigenvalue weighted by Crippen LogP contribution is -2.44. The molecule has 6 nitrogen and oxygen atoms in total. The predicted octanol–water partition coefficient (Wildman–Crippen LogP) is 1.56. The van der Waals surface area contributed by atoms with Gasteiger partial charge in [0.05, 0.1) is 17.0 Å². The Bertz CT molecular complexity index is 815. The van der Waals surface area contributed by atoms with E-state index in [1.807, 2.05) is 16.8 Å². The first kappa shape index (κ1) is 16.8. The van der Waals surface area contributed by atoms with Crippen LogP contribution in [0.15, 0.2) is 42.6 Å². The molecular weight excluding hydrogens is 336 g/mol. The summed E-state index contributed by atoms with van der Waals surface area (Å²) in [6.45, 7) is 3.05. The van der Waals surface area contributed by atoms with Crippen LogP contribution in [0.25, 0.3) is 0 Å². The van der Waals surface area contributed by atoms with E-state index in [0.717, 1.165) is 44.6 Å². The molecule has 1 aromatic heterocycles. The highest BCUT2D eigenvalue weighted by molar-refractivity contribution is 7.90. The molecule has 2 aromatic rings. The minimum absolute atomic E-state index is 0.0445. The highest BCUT2D eigenvalue weighted by Gasteiger charge is 2.36. The first-order chi connectivity index (χ1) is 12.1. The Balaban J connectivity index is 1.40. The van der Waals surface area contributed by atoms with Crippen LogP contribution in [0, 0.1) is 0 Å². The quantitative estimate of drug-likeness (QED) is 0.814. The molecule has 4 rings (SSSR count). The number of nitrogens with one attached hydrogen (secondary N) is 1. The standard InChI is InChI=1S/C18H24N4O2S/c23-25(24,18-6-7-18)20-12-17-14-21(13-16-8-10-19-22(16)17)11-9-15-4-2-1-3-5-15/h1-5,8,10,17-18,20H,6-7,9,11-14H2/t17-/m1/s1. The van der Waals surface area contributed by atoms with Crippen molar-refractivity contribution < 1.29 is 8.42 Å². The first-order valence-corrected chi connectivity index (χ1v) is 10.4. The van der Waals surface area contributed by atoms with Crippen molar-refractivity contribution in [2.75, 3.05) is 19.6 Å². The van der Waals surface area contributed by atoms with Gasteiger partial charge in [0.2, 0.25) is 10.0 Å². The Morgan fingerprint density at radius 3 is 2.72 bits per heavy atom. The Hall–Kier alpha value is -1.70. The summed E-state index contributed by atoms with van der Waals surface area (Å²) < 4.78 is 29.0. The average Bonchev–Trinajstić information content (AvgIpc) is 3.38. The molecule has 0 radical (unpaired) electrons. The Kier molecular flexibility index (Phi) is 4.62. The van der Waals surface area contributed by atoms with Crippen LogP contribution in [-0.4, -0.2) is 48.0 Å². The summed E-state index contributed by atoms with van der Waals surface area (Å²) in [4.78, 5) is 2.39. The van der Waals surface area contributed by atoms with Gasteiger partial charge in [0.15, 0.2) is 0 Å². The molecule has 1 fully saturated rings. The number of sulfonamides is 1. The van der Waals surface area contributed by atoms with Crippen LogP contribution >= 0.6 is 0 Å². The van der Waals surface area contributed by atoms with Gasteiger partial charge >= 0.3 is 0 Å². The summed E-state index contributed by atoms with van der Waals surface area (Å²) in [7, 11) is -3.15. The lowest BCUT2D eigenvalue weighted by atomic mass is 10.1. The molecule has 0 saturated heterocycles. The fraction of sp³-hybridized carbons (Fsp3) is 0.500. The van der Waals surface area contributed by atoms with Crippen molar-refractivity contribution in [1.29, 1.82) is 0 Å². The van der Waals surface area contributed by atoms with Crippen molar-refractivity contribution in [2.45, 2.75) is 37.1 Å². The molecule has 1 saturated carbocycles. The molecule has 1 atom stereocenters. The number of fused-ring (bicyclic) bond motifs is 1. The molecule has 0 amide bonds. The van der Waals surface area contributed by atoms with Crippen molar-refractivity contribution >= 4 is 10.0 Å². The maximum absolute atomic E-state index is 12.1. The number of aromatic nitrogens is 2. The number of rotatable bonds is 7. The highest BCUT2D eigenvalue weighted by Crippen LogP contribution is 2.28. The van der Waals surface area contributed by atoms with Crippen LogP contribution in [0.1, 0.15) is 30.1 Å². The Labute approximate surface area is 148 Å². The first-order valence-electron chi connectivity index (χ1n) is 8.89. The lowest BCUT2D eigenvalue weighted by Gasteiger charge is -2.34. The minimum Gasteiger partial charge on any atom is -0.295 e. The molecule has 0 bridgehead atoms. The zero-order valence-corrected chi connectivity index (χ0v) is 15.0. The van der Waals surface area contributed by atoms with E-state index in [4.69, 9.17) is 0 Å². The van der Waals surface area contributed by atoms with Crippen molar-refractivity contribution in [3.8, 4) is 0 Å². The molecule has 134 valence electrons. The summed E-state index contributed by atoms with van der Waals surface area (Å²) in [5.74, 6) is 0. The normalized spacial score (nSPS) is 21.2. The second kappa shape index (κ2) is 6.90. The number of hydrogen-bond donors (Lipinski definition) is 1. The second-order valence-corrected chi connectivity index (χ2v) is 9.03. The van der Waals surface area contributed by atoms with E-state index in [9.17, 15) is 8.42 Å². The fourth-order valence-corrected chi connectivity index (χ4v) is 4.84. The third-order valence-electron chi connectivity index (χ3n) is 5.00.